The average Bonchev–Trinajstić information content (AvgIpc) is 2.98. The van der Waals surface area contributed by atoms with Gasteiger partial charge in [-0.2, -0.15) is 0 Å². The molecule has 2 N–H and O–H groups in total. The normalized spacial score (nSPS) is 19.8. The predicted molar refractivity (Wildman–Crippen MR) is 93.2 cm³/mol. The van der Waals surface area contributed by atoms with Crippen molar-refractivity contribution < 1.29 is 19.0 Å². The molecule has 132 valence electrons. The minimum Gasteiger partial charge on any atom is -0.495 e. The second kappa shape index (κ2) is 7.11. The van der Waals surface area contributed by atoms with E-state index in [1.807, 2.05) is 19.1 Å². The van der Waals surface area contributed by atoms with E-state index in [9.17, 15) is 14.3 Å². The molecule has 5 nitrogen and oxygen atoms in total. The fourth-order valence-corrected chi connectivity index (χ4v) is 3.16. The summed E-state index contributed by atoms with van der Waals surface area (Å²) in [6.45, 7) is 2.13. The Morgan fingerprint density at radius 1 is 1.32 bits per heavy atom. The third-order valence-electron chi connectivity index (χ3n) is 4.37. The van der Waals surface area contributed by atoms with E-state index >= 15 is 0 Å². The molecule has 1 saturated heterocycles. The van der Waals surface area contributed by atoms with Crippen LogP contribution in [0.25, 0.3) is 0 Å². The van der Waals surface area contributed by atoms with Crippen molar-refractivity contribution in [1.29, 1.82) is 0 Å². The number of hydrogen-bond donors (Lipinski definition) is 2. The van der Waals surface area contributed by atoms with Crippen LogP contribution in [0.3, 0.4) is 0 Å². The number of aliphatic hydroxyl groups excluding tert-OH is 1. The van der Waals surface area contributed by atoms with Gasteiger partial charge in [0.1, 0.15) is 11.6 Å². The van der Waals surface area contributed by atoms with Crippen molar-refractivity contribution in [3.05, 3.63) is 59.4 Å². The molecule has 0 bridgehead atoms. The maximum absolute atomic E-state index is 13.5. The Bertz CT molecular complexity index is 781. The minimum absolute atomic E-state index is 0.196. The predicted octanol–water partition coefficient (Wildman–Crippen LogP) is 3.48. The fraction of sp³-hybridized carbons (Fsp3) is 0.316. The highest BCUT2D eigenvalue weighted by atomic mass is 19.1. The SMILES string of the molecule is COc1cc(C)ccc1NC(=O)N1C[C@@H](O)C[C@@H]1c1cccc(F)c1. The largest absolute Gasteiger partial charge is 0.495 e. The smallest absolute Gasteiger partial charge is 0.322 e. The Morgan fingerprint density at radius 2 is 2.12 bits per heavy atom. The van der Waals surface area contributed by atoms with E-state index in [1.165, 1.54) is 17.0 Å². The van der Waals surface area contributed by atoms with Crippen LogP contribution in [-0.4, -0.2) is 35.8 Å². The third-order valence-corrected chi connectivity index (χ3v) is 4.37. The summed E-state index contributed by atoms with van der Waals surface area (Å²) in [5, 5.41) is 12.8. The molecule has 2 aromatic carbocycles. The van der Waals surface area contributed by atoms with Gasteiger partial charge in [-0.3, -0.25) is 0 Å². The Labute approximate surface area is 146 Å². The van der Waals surface area contributed by atoms with Gasteiger partial charge in [0.25, 0.3) is 0 Å². The quantitative estimate of drug-likeness (QED) is 0.896. The molecule has 1 aliphatic heterocycles. The van der Waals surface area contributed by atoms with E-state index in [-0.39, 0.29) is 24.4 Å². The summed E-state index contributed by atoms with van der Waals surface area (Å²) in [6, 6.07) is 10.9. The maximum Gasteiger partial charge on any atom is 0.322 e. The molecular weight excluding hydrogens is 323 g/mol. The second-order valence-corrected chi connectivity index (χ2v) is 6.25. The van der Waals surface area contributed by atoms with E-state index in [4.69, 9.17) is 4.74 Å². The van der Waals surface area contributed by atoms with E-state index < -0.39 is 6.10 Å². The fourth-order valence-electron chi connectivity index (χ4n) is 3.16. The van der Waals surface area contributed by atoms with Crippen LogP contribution in [0.2, 0.25) is 0 Å². The maximum atomic E-state index is 13.5. The van der Waals surface area contributed by atoms with Crippen molar-refractivity contribution in [2.75, 3.05) is 19.0 Å². The second-order valence-electron chi connectivity index (χ2n) is 6.25. The molecule has 1 fully saturated rings. The number of aryl methyl sites for hydroxylation is 1. The van der Waals surface area contributed by atoms with Gasteiger partial charge in [-0.1, -0.05) is 18.2 Å². The average molecular weight is 344 g/mol. The Hall–Kier alpha value is -2.60. The molecule has 3 rings (SSSR count). The first-order valence-corrected chi connectivity index (χ1v) is 8.13. The van der Waals surface area contributed by atoms with Crippen LogP contribution in [0.15, 0.2) is 42.5 Å². The number of carbonyl (C=O) groups excluding carboxylic acids is 1. The van der Waals surface area contributed by atoms with Crippen molar-refractivity contribution in [3.8, 4) is 5.75 Å². The monoisotopic (exact) mass is 344 g/mol. The highest BCUT2D eigenvalue weighted by molar-refractivity contribution is 5.91. The number of amides is 2. The van der Waals surface area contributed by atoms with Crippen molar-refractivity contribution in [1.82, 2.24) is 4.90 Å². The number of nitrogens with zero attached hydrogens (tertiary/aromatic N) is 1. The number of anilines is 1. The number of β-amino-alcohol motifs (C(OH)–C–C–N with tert-alkyl or cyclic N) is 1. The lowest BCUT2D eigenvalue weighted by molar-refractivity contribution is 0.175. The highest BCUT2D eigenvalue weighted by Gasteiger charge is 2.35. The Morgan fingerprint density at radius 3 is 2.84 bits per heavy atom. The van der Waals surface area contributed by atoms with Crippen molar-refractivity contribution in [2.45, 2.75) is 25.5 Å². The lowest BCUT2D eigenvalue weighted by Gasteiger charge is -2.25. The van der Waals surface area contributed by atoms with Crippen LogP contribution in [0.1, 0.15) is 23.6 Å². The van der Waals surface area contributed by atoms with E-state index in [0.29, 0.717) is 23.4 Å². The van der Waals surface area contributed by atoms with Crippen LogP contribution in [-0.2, 0) is 0 Å². The van der Waals surface area contributed by atoms with Gasteiger partial charge in [-0.25, -0.2) is 9.18 Å². The molecule has 2 aromatic rings. The third kappa shape index (κ3) is 3.74. The number of methoxy groups -OCH3 is 1. The zero-order chi connectivity index (χ0) is 18.0. The van der Waals surface area contributed by atoms with E-state index in [1.54, 1.807) is 25.3 Å². The number of ether oxygens (including phenoxy) is 1. The summed E-state index contributed by atoms with van der Waals surface area (Å²) >= 11 is 0. The first-order chi connectivity index (χ1) is 12.0. The molecule has 0 spiro atoms. The van der Waals surface area contributed by atoms with Crippen LogP contribution in [0.4, 0.5) is 14.9 Å². The number of likely N-dealkylation sites (tertiary alicyclic amines) is 1. The number of halogens is 1. The van der Waals surface area contributed by atoms with E-state index in [0.717, 1.165) is 5.56 Å². The molecule has 1 heterocycles. The highest BCUT2D eigenvalue weighted by Crippen LogP contribution is 2.34. The summed E-state index contributed by atoms with van der Waals surface area (Å²) < 4.78 is 18.8. The Kier molecular flexibility index (Phi) is 4.90. The summed E-state index contributed by atoms with van der Waals surface area (Å²) in [4.78, 5) is 14.3. The van der Waals surface area contributed by atoms with Gasteiger partial charge in [0.2, 0.25) is 0 Å². The number of urea groups is 1. The first kappa shape index (κ1) is 17.2. The van der Waals surface area contributed by atoms with Crippen molar-refractivity contribution in [3.63, 3.8) is 0 Å². The topological polar surface area (TPSA) is 61.8 Å². The van der Waals surface area contributed by atoms with Gasteiger partial charge in [0.05, 0.1) is 24.9 Å². The minimum atomic E-state index is -0.640. The molecule has 0 saturated carbocycles. The van der Waals surface area contributed by atoms with Crippen molar-refractivity contribution >= 4 is 11.7 Å². The zero-order valence-electron chi connectivity index (χ0n) is 14.2. The number of hydrogen-bond acceptors (Lipinski definition) is 3. The lowest BCUT2D eigenvalue weighted by atomic mass is 10.0. The molecule has 0 aliphatic carbocycles. The van der Waals surface area contributed by atoms with Crippen LogP contribution in [0.5, 0.6) is 5.75 Å². The summed E-state index contributed by atoms with van der Waals surface area (Å²) in [6.07, 6.45) is -0.263. The van der Waals surface area contributed by atoms with Gasteiger partial charge in [0, 0.05) is 6.54 Å². The summed E-state index contributed by atoms with van der Waals surface area (Å²) in [5.41, 5.74) is 2.24. The number of benzene rings is 2. The molecule has 6 heteroatoms. The number of carbonyl (C=O) groups is 1. The molecular formula is C19H21FN2O3. The van der Waals surface area contributed by atoms with Gasteiger partial charge in [-0.05, 0) is 48.7 Å². The molecule has 0 radical (unpaired) electrons. The first-order valence-electron chi connectivity index (χ1n) is 8.13. The molecule has 25 heavy (non-hydrogen) atoms. The lowest BCUT2D eigenvalue weighted by Crippen LogP contribution is -2.35. The van der Waals surface area contributed by atoms with Crippen LogP contribution >= 0.6 is 0 Å². The number of rotatable bonds is 3. The molecule has 0 aromatic heterocycles. The van der Waals surface area contributed by atoms with Crippen LogP contribution < -0.4 is 10.1 Å². The van der Waals surface area contributed by atoms with Gasteiger partial charge in [-0.15, -0.1) is 0 Å². The molecule has 0 unspecified atom stereocenters. The van der Waals surface area contributed by atoms with Gasteiger partial charge in [0.15, 0.2) is 0 Å². The Balaban J connectivity index is 1.83. The summed E-state index contributed by atoms with van der Waals surface area (Å²) in [7, 11) is 1.54. The van der Waals surface area contributed by atoms with Crippen LogP contribution in [0, 0.1) is 12.7 Å². The molecule has 1 aliphatic rings. The molecule has 2 amide bonds. The number of aliphatic hydroxyl groups is 1. The van der Waals surface area contributed by atoms with Gasteiger partial charge >= 0.3 is 6.03 Å². The van der Waals surface area contributed by atoms with Gasteiger partial charge < -0.3 is 20.1 Å². The summed E-state index contributed by atoms with van der Waals surface area (Å²) in [5.74, 6) is 0.204. The molecule has 2 atom stereocenters. The van der Waals surface area contributed by atoms with Crippen molar-refractivity contribution in [2.24, 2.45) is 0 Å². The number of nitrogens with one attached hydrogen (secondary N) is 1. The standard InChI is InChI=1S/C19H21FN2O3/c1-12-6-7-16(18(8-12)25-2)21-19(24)22-11-15(23)10-17(22)13-4-3-5-14(20)9-13/h3-9,15,17,23H,10-11H2,1-2H3,(H,21,24)/t15-,17+/m0/s1. The zero-order valence-corrected chi connectivity index (χ0v) is 14.2. The van der Waals surface area contributed by atoms with E-state index in [2.05, 4.69) is 5.32 Å².